The third-order valence-corrected chi connectivity index (χ3v) is 4.91. The normalized spacial score (nSPS) is 12.7. The molecule has 1 unspecified atom stereocenters. The maximum atomic E-state index is 11.8. The molecule has 0 amide bonds. The molecule has 0 aliphatic carbocycles. The highest BCUT2D eigenvalue weighted by Crippen LogP contribution is 2.20. The van der Waals surface area contributed by atoms with Crippen molar-refractivity contribution in [3.63, 3.8) is 0 Å². The van der Waals surface area contributed by atoms with Gasteiger partial charge in [-0.05, 0) is 17.7 Å². The Labute approximate surface area is 115 Å². The van der Waals surface area contributed by atoms with E-state index in [-0.39, 0.29) is 17.3 Å². The fourth-order valence-corrected chi connectivity index (χ4v) is 4.07. The van der Waals surface area contributed by atoms with Crippen LogP contribution in [0, 0.1) is 11.3 Å². The molecular formula is C12H15NO4S2. The minimum Gasteiger partial charge on any atom is -0.495 e. The zero-order valence-corrected chi connectivity index (χ0v) is 12.4. The van der Waals surface area contributed by atoms with Gasteiger partial charge in [-0.25, -0.2) is 8.42 Å². The first-order valence-corrected chi connectivity index (χ1v) is 9.00. The summed E-state index contributed by atoms with van der Waals surface area (Å²) in [4.78, 5) is 0. The number of ether oxygens (including phenoxy) is 1. The fraction of sp³-hybridized carbons (Fsp3) is 0.417. The number of methoxy groups -OCH3 is 1. The van der Waals surface area contributed by atoms with Gasteiger partial charge in [0, 0.05) is 28.6 Å². The Balaban J connectivity index is 2.73. The molecule has 0 radical (unpaired) electrons. The largest absolute Gasteiger partial charge is 0.495 e. The van der Waals surface area contributed by atoms with Crippen LogP contribution < -0.4 is 4.74 Å². The van der Waals surface area contributed by atoms with E-state index in [1.54, 1.807) is 18.2 Å². The highest BCUT2D eigenvalue weighted by molar-refractivity contribution is 7.92. The minimum atomic E-state index is -3.10. The number of hydrogen-bond donors (Lipinski definition) is 0. The summed E-state index contributed by atoms with van der Waals surface area (Å²) in [5.41, 5.74) is 1.16. The lowest BCUT2D eigenvalue weighted by Gasteiger charge is -2.06. The quantitative estimate of drug-likeness (QED) is 0.778. The third-order valence-electron chi connectivity index (χ3n) is 2.40. The Kier molecular flexibility index (Phi) is 5.51. The van der Waals surface area contributed by atoms with Gasteiger partial charge in [-0.2, -0.15) is 5.26 Å². The summed E-state index contributed by atoms with van der Waals surface area (Å²) in [7, 11) is -2.89. The van der Waals surface area contributed by atoms with Crippen LogP contribution in [0.15, 0.2) is 18.2 Å². The van der Waals surface area contributed by atoms with E-state index in [4.69, 9.17) is 10.00 Å². The highest BCUT2D eigenvalue weighted by atomic mass is 32.2. The highest BCUT2D eigenvalue weighted by Gasteiger charge is 2.09. The summed E-state index contributed by atoms with van der Waals surface area (Å²) in [5, 5.41) is 8.84. The molecule has 0 saturated heterocycles. The van der Waals surface area contributed by atoms with E-state index in [0.29, 0.717) is 11.3 Å². The van der Waals surface area contributed by atoms with Crippen LogP contribution >= 0.6 is 0 Å². The van der Waals surface area contributed by atoms with Crippen molar-refractivity contribution in [3.8, 4) is 11.8 Å². The molecule has 1 atom stereocenters. The molecular weight excluding hydrogens is 286 g/mol. The lowest BCUT2D eigenvalue weighted by atomic mass is 10.1. The van der Waals surface area contributed by atoms with Gasteiger partial charge in [0.05, 0.1) is 18.4 Å². The van der Waals surface area contributed by atoms with Crippen LogP contribution in [0.4, 0.5) is 0 Å². The molecule has 0 saturated carbocycles. The average Bonchev–Trinajstić information content (AvgIpc) is 2.35. The number of nitriles is 1. The van der Waals surface area contributed by atoms with Gasteiger partial charge in [-0.15, -0.1) is 0 Å². The molecule has 0 N–H and O–H groups in total. The lowest BCUT2D eigenvalue weighted by Crippen LogP contribution is -2.12. The van der Waals surface area contributed by atoms with Crippen molar-refractivity contribution in [1.29, 1.82) is 5.26 Å². The summed E-state index contributed by atoms with van der Waals surface area (Å²) in [6, 6.07) is 6.93. The van der Waals surface area contributed by atoms with E-state index in [1.807, 2.05) is 6.07 Å². The van der Waals surface area contributed by atoms with E-state index < -0.39 is 20.6 Å². The minimum absolute atomic E-state index is 0.0903. The van der Waals surface area contributed by atoms with Crippen LogP contribution in [0.3, 0.4) is 0 Å². The summed E-state index contributed by atoms with van der Waals surface area (Å²) in [6.45, 7) is 0. The molecule has 0 bridgehead atoms. The third kappa shape index (κ3) is 5.41. The molecule has 0 aromatic heterocycles. The number of rotatable bonds is 6. The van der Waals surface area contributed by atoms with Crippen molar-refractivity contribution in [2.75, 3.05) is 24.9 Å². The fourth-order valence-electron chi connectivity index (χ4n) is 1.42. The monoisotopic (exact) mass is 301 g/mol. The smallest absolute Gasteiger partial charge is 0.148 e. The molecule has 5 nitrogen and oxygen atoms in total. The topological polar surface area (TPSA) is 84.2 Å². The average molecular weight is 301 g/mol. The zero-order chi connectivity index (χ0) is 14.5. The first-order chi connectivity index (χ1) is 8.85. The number of sulfone groups is 1. The van der Waals surface area contributed by atoms with E-state index in [9.17, 15) is 12.6 Å². The van der Waals surface area contributed by atoms with Crippen LogP contribution in [-0.2, 0) is 26.4 Å². The SMILES string of the molecule is COc1cc(CS(=O)CCS(C)(=O)=O)ccc1C#N. The van der Waals surface area contributed by atoms with Crippen molar-refractivity contribution in [2.24, 2.45) is 0 Å². The second kappa shape index (κ2) is 6.68. The van der Waals surface area contributed by atoms with Crippen molar-refractivity contribution in [1.82, 2.24) is 0 Å². The molecule has 0 aliphatic rings. The standard InChI is InChI=1S/C12H15NO4S2/c1-17-12-7-10(3-4-11(12)8-13)9-18(14)5-6-19(2,15)16/h3-4,7H,5-6,9H2,1-2H3. The summed E-state index contributed by atoms with van der Waals surface area (Å²) < 4.78 is 38.8. The van der Waals surface area contributed by atoms with Crippen LogP contribution in [0.5, 0.6) is 5.75 Å². The molecule has 0 fully saturated rings. The first kappa shape index (κ1) is 15.7. The van der Waals surface area contributed by atoms with Gasteiger partial charge >= 0.3 is 0 Å². The molecule has 1 rings (SSSR count). The molecule has 0 heterocycles. The second-order valence-corrected chi connectivity index (χ2v) is 7.90. The molecule has 0 aliphatic heterocycles. The maximum absolute atomic E-state index is 11.8. The molecule has 1 aromatic rings. The predicted octanol–water partition coefficient (Wildman–Crippen LogP) is 0.860. The van der Waals surface area contributed by atoms with Gasteiger partial charge in [0.25, 0.3) is 0 Å². The Morgan fingerprint density at radius 1 is 1.42 bits per heavy atom. The van der Waals surface area contributed by atoms with Gasteiger partial charge in [-0.3, -0.25) is 4.21 Å². The van der Waals surface area contributed by atoms with Gasteiger partial charge < -0.3 is 4.74 Å². The van der Waals surface area contributed by atoms with E-state index in [2.05, 4.69) is 0 Å². The maximum Gasteiger partial charge on any atom is 0.148 e. The number of nitrogens with zero attached hydrogens (tertiary/aromatic N) is 1. The van der Waals surface area contributed by atoms with Crippen molar-refractivity contribution >= 4 is 20.6 Å². The Bertz CT molecular complexity index is 617. The van der Waals surface area contributed by atoms with Crippen molar-refractivity contribution < 1.29 is 17.4 Å². The second-order valence-electron chi connectivity index (χ2n) is 4.06. The van der Waals surface area contributed by atoms with Gasteiger partial charge in [0.2, 0.25) is 0 Å². The van der Waals surface area contributed by atoms with Gasteiger partial charge in [0.1, 0.15) is 21.7 Å². The molecule has 104 valence electrons. The van der Waals surface area contributed by atoms with Crippen LogP contribution in [0.2, 0.25) is 0 Å². The van der Waals surface area contributed by atoms with Crippen LogP contribution in [0.1, 0.15) is 11.1 Å². The van der Waals surface area contributed by atoms with E-state index in [1.165, 1.54) is 7.11 Å². The number of hydrogen-bond acceptors (Lipinski definition) is 5. The van der Waals surface area contributed by atoms with Crippen molar-refractivity contribution in [2.45, 2.75) is 5.75 Å². The van der Waals surface area contributed by atoms with E-state index in [0.717, 1.165) is 11.8 Å². The number of benzene rings is 1. The predicted molar refractivity (Wildman–Crippen MR) is 74.1 cm³/mol. The lowest BCUT2D eigenvalue weighted by molar-refractivity contribution is 0.413. The summed E-state index contributed by atoms with van der Waals surface area (Å²) in [5.74, 6) is 0.700. The van der Waals surface area contributed by atoms with Crippen LogP contribution in [-0.4, -0.2) is 37.5 Å². The molecule has 19 heavy (non-hydrogen) atoms. The molecule has 7 heteroatoms. The van der Waals surface area contributed by atoms with Gasteiger partial charge in [0.15, 0.2) is 0 Å². The van der Waals surface area contributed by atoms with Crippen LogP contribution in [0.25, 0.3) is 0 Å². The van der Waals surface area contributed by atoms with Crippen molar-refractivity contribution in [3.05, 3.63) is 29.3 Å². The van der Waals surface area contributed by atoms with Gasteiger partial charge in [-0.1, -0.05) is 6.07 Å². The Hall–Kier alpha value is -1.39. The zero-order valence-electron chi connectivity index (χ0n) is 10.8. The first-order valence-electron chi connectivity index (χ1n) is 5.45. The summed E-state index contributed by atoms with van der Waals surface area (Å²) in [6.07, 6.45) is 1.12. The molecule has 0 spiro atoms. The molecule has 1 aromatic carbocycles. The summed E-state index contributed by atoms with van der Waals surface area (Å²) >= 11 is 0. The van der Waals surface area contributed by atoms with E-state index >= 15 is 0 Å². The Morgan fingerprint density at radius 2 is 2.11 bits per heavy atom. The Morgan fingerprint density at radius 3 is 2.63 bits per heavy atom.